The second-order valence-corrected chi connectivity index (χ2v) is 5.61. The average Bonchev–Trinajstić information content (AvgIpc) is 2.33. The van der Waals surface area contributed by atoms with E-state index in [1.165, 1.54) is 9.58 Å². The number of nitrogens with zero attached hydrogens (tertiary/aromatic N) is 3. The Morgan fingerprint density at radius 3 is 2.47 bits per heavy atom. The molecule has 0 aliphatic rings. The Kier molecular flexibility index (Phi) is 5.11. The van der Waals surface area contributed by atoms with Crippen LogP contribution in [0.5, 0.6) is 0 Å². The number of likely N-dealkylation sites (N-methyl/N-ethyl adjacent to an activating group) is 1. The van der Waals surface area contributed by atoms with Crippen LogP contribution in [0.2, 0.25) is 0 Å². The summed E-state index contributed by atoms with van der Waals surface area (Å²) in [6, 6.07) is -0.443. The molecule has 6 nitrogen and oxygen atoms in total. The van der Waals surface area contributed by atoms with Crippen LogP contribution in [0.4, 0.5) is 5.69 Å². The van der Waals surface area contributed by atoms with E-state index in [0.29, 0.717) is 10.2 Å². The van der Waals surface area contributed by atoms with Crippen LogP contribution >= 0.6 is 15.9 Å². The molecule has 0 aromatic carbocycles. The quantitative estimate of drug-likeness (QED) is 0.907. The van der Waals surface area contributed by atoms with Gasteiger partial charge in [-0.1, -0.05) is 0 Å². The van der Waals surface area contributed by atoms with E-state index >= 15 is 0 Å². The maximum Gasteiger partial charge on any atom is 0.283 e. The van der Waals surface area contributed by atoms with Crippen molar-refractivity contribution in [1.82, 2.24) is 14.7 Å². The van der Waals surface area contributed by atoms with Gasteiger partial charge < -0.3 is 10.2 Å². The average molecular weight is 331 g/mol. The number of amides is 1. The molecule has 19 heavy (non-hydrogen) atoms. The molecule has 0 saturated heterocycles. The first kappa shape index (κ1) is 15.7. The van der Waals surface area contributed by atoms with Crippen molar-refractivity contribution in [3.63, 3.8) is 0 Å². The predicted molar refractivity (Wildman–Crippen MR) is 78.4 cm³/mol. The van der Waals surface area contributed by atoms with E-state index in [0.717, 1.165) is 0 Å². The smallest absolute Gasteiger partial charge is 0.283 e. The van der Waals surface area contributed by atoms with Gasteiger partial charge in [-0.15, -0.1) is 0 Å². The summed E-state index contributed by atoms with van der Waals surface area (Å²) in [6.07, 6.45) is 1.55. The number of halogens is 1. The molecule has 1 amide bonds. The highest BCUT2D eigenvalue weighted by Gasteiger charge is 2.17. The fourth-order valence-corrected chi connectivity index (χ4v) is 1.99. The molecule has 0 radical (unpaired) electrons. The minimum atomic E-state index is -0.428. The van der Waals surface area contributed by atoms with Crippen LogP contribution in [0.25, 0.3) is 0 Å². The number of anilines is 1. The molecule has 7 heteroatoms. The Balaban J connectivity index is 3.02. The third-order valence-corrected chi connectivity index (χ3v) is 3.38. The zero-order valence-corrected chi connectivity index (χ0v) is 13.4. The highest BCUT2D eigenvalue weighted by molar-refractivity contribution is 9.10. The normalized spacial score (nSPS) is 12.4. The van der Waals surface area contributed by atoms with Crippen LogP contribution < -0.4 is 10.9 Å². The maximum atomic E-state index is 12.0. The summed E-state index contributed by atoms with van der Waals surface area (Å²) in [5.74, 6) is -0.0695. The SMILES string of the molecule is CC(Nc1cnn(C(C)C)c(=O)c1Br)C(=O)N(C)C. The van der Waals surface area contributed by atoms with E-state index in [1.54, 1.807) is 27.2 Å². The number of carbonyl (C=O) groups excluding carboxylic acids is 1. The third kappa shape index (κ3) is 3.56. The fourth-order valence-electron chi connectivity index (χ4n) is 1.60. The molecule has 0 aliphatic heterocycles. The highest BCUT2D eigenvalue weighted by atomic mass is 79.9. The second-order valence-electron chi connectivity index (χ2n) is 4.81. The third-order valence-electron chi connectivity index (χ3n) is 2.62. The van der Waals surface area contributed by atoms with Crippen LogP contribution in [0.15, 0.2) is 15.5 Å². The lowest BCUT2D eigenvalue weighted by Crippen LogP contribution is -2.37. The maximum absolute atomic E-state index is 12.0. The van der Waals surface area contributed by atoms with Gasteiger partial charge in [0.05, 0.1) is 17.9 Å². The van der Waals surface area contributed by atoms with Gasteiger partial charge in [0.25, 0.3) is 5.56 Å². The molecule has 0 spiro atoms. The molecule has 106 valence electrons. The van der Waals surface area contributed by atoms with Crippen molar-refractivity contribution in [2.45, 2.75) is 32.9 Å². The summed E-state index contributed by atoms with van der Waals surface area (Å²) in [6.45, 7) is 5.50. The van der Waals surface area contributed by atoms with Gasteiger partial charge in [-0.2, -0.15) is 5.10 Å². The largest absolute Gasteiger partial charge is 0.372 e. The van der Waals surface area contributed by atoms with Crippen LogP contribution in [-0.2, 0) is 4.79 Å². The molecule has 1 aromatic rings. The van der Waals surface area contributed by atoms with Crippen molar-refractivity contribution in [2.24, 2.45) is 0 Å². The van der Waals surface area contributed by atoms with Crippen molar-refractivity contribution in [3.05, 3.63) is 21.0 Å². The Labute approximate surface area is 120 Å². The standard InChI is InChI=1S/C12H19BrN4O2/c1-7(2)17-12(19)10(13)9(6-14-17)15-8(3)11(18)16(4)5/h6-8,15H,1-5H3. The molecular weight excluding hydrogens is 312 g/mol. The molecule has 1 N–H and O–H groups in total. The summed E-state index contributed by atoms with van der Waals surface area (Å²) < 4.78 is 1.77. The van der Waals surface area contributed by atoms with E-state index in [1.807, 2.05) is 13.8 Å². The van der Waals surface area contributed by atoms with E-state index in [-0.39, 0.29) is 17.5 Å². The molecule has 1 unspecified atom stereocenters. The van der Waals surface area contributed by atoms with E-state index in [4.69, 9.17) is 0 Å². The fraction of sp³-hybridized carbons (Fsp3) is 0.583. The predicted octanol–water partition coefficient (Wildman–Crippen LogP) is 1.48. The zero-order chi connectivity index (χ0) is 14.7. The Hall–Kier alpha value is -1.37. The second kappa shape index (κ2) is 6.18. The highest BCUT2D eigenvalue weighted by Crippen LogP contribution is 2.18. The van der Waals surface area contributed by atoms with Gasteiger partial charge in [0.15, 0.2) is 0 Å². The number of nitrogens with one attached hydrogen (secondary N) is 1. The molecule has 0 bridgehead atoms. The molecule has 1 aromatic heterocycles. The van der Waals surface area contributed by atoms with Crippen LogP contribution in [0, 0.1) is 0 Å². The Morgan fingerprint density at radius 2 is 2.00 bits per heavy atom. The van der Waals surface area contributed by atoms with Crippen LogP contribution in [0.3, 0.4) is 0 Å². The van der Waals surface area contributed by atoms with Crippen molar-refractivity contribution in [3.8, 4) is 0 Å². The first-order valence-corrected chi connectivity index (χ1v) is 6.80. The topological polar surface area (TPSA) is 67.2 Å². The van der Waals surface area contributed by atoms with Crippen molar-refractivity contribution in [2.75, 3.05) is 19.4 Å². The van der Waals surface area contributed by atoms with Crippen molar-refractivity contribution >= 4 is 27.5 Å². The van der Waals surface area contributed by atoms with Gasteiger partial charge in [0.1, 0.15) is 10.5 Å². The zero-order valence-electron chi connectivity index (χ0n) is 11.8. The van der Waals surface area contributed by atoms with Crippen molar-refractivity contribution < 1.29 is 4.79 Å². The Bertz CT molecular complexity index is 525. The number of hydrogen-bond acceptors (Lipinski definition) is 4. The number of aromatic nitrogens is 2. The summed E-state index contributed by atoms with van der Waals surface area (Å²) in [5.41, 5.74) is 0.300. The first-order valence-electron chi connectivity index (χ1n) is 6.00. The van der Waals surface area contributed by atoms with E-state index < -0.39 is 6.04 Å². The molecular formula is C12H19BrN4O2. The molecule has 1 rings (SSSR count). The van der Waals surface area contributed by atoms with Gasteiger partial charge in [-0.05, 0) is 36.7 Å². The number of carbonyl (C=O) groups is 1. The minimum Gasteiger partial charge on any atom is -0.372 e. The number of hydrogen-bond donors (Lipinski definition) is 1. The van der Waals surface area contributed by atoms with E-state index in [9.17, 15) is 9.59 Å². The van der Waals surface area contributed by atoms with Gasteiger partial charge in [-0.25, -0.2) is 4.68 Å². The van der Waals surface area contributed by atoms with Gasteiger partial charge in [0.2, 0.25) is 5.91 Å². The lowest BCUT2D eigenvalue weighted by molar-refractivity contribution is -0.129. The lowest BCUT2D eigenvalue weighted by Gasteiger charge is -2.20. The molecule has 0 saturated carbocycles. The molecule has 0 fully saturated rings. The summed E-state index contributed by atoms with van der Waals surface area (Å²) >= 11 is 3.25. The van der Waals surface area contributed by atoms with Gasteiger partial charge in [-0.3, -0.25) is 9.59 Å². The summed E-state index contributed by atoms with van der Waals surface area (Å²) in [5, 5.41) is 7.07. The van der Waals surface area contributed by atoms with Crippen LogP contribution in [-0.4, -0.2) is 40.7 Å². The van der Waals surface area contributed by atoms with E-state index in [2.05, 4.69) is 26.3 Å². The molecule has 1 heterocycles. The summed E-state index contributed by atoms with van der Waals surface area (Å²) in [4.78, 5) is 25.3. The van der Waals surface area contributed by atoms with Crippen LogP contribution in [0.1, 0.15) is 26.8 Å². The number of rotatable bonds is 4. The summed E-state index contributed by atoms with van der Waals surface area (Å²) in [7, 11) is 3.37. The minimum absolute atomic E-state index is 0.0151. The Morgan fingerprint density at radius 1 is 1.42 bits per heavy atom. The first-order chi connectivity index (χ1) is 8.75. The van der Waals surface area contributed by atoms with Gasteiger partial charge >= 0.3 is 0 Å². The monoisotopic (exact) mass is 330 g/mol. The van der Waals surface area contributed by atoms with Crippen molar-refractivity contribution in [1.29, 1.82) is 0 Å². The molecule has 1 atom stereocenters. The molecule has 0 aliphatic carbocycles. The van der Waals surface area contributed by atoms with Gasteiger partial charge in [0, 0.05) is 14.1 Å². The lowest BCUT2D eigenvalue weighted by atomic mass is 10.3.